The van der Waals surface area contributed by atoms with Crippen LogP contribution in [0.2, 0.25) is 0 Å². The van der Waals surface area contributed by atoms with Crippen LogP contribution in [0.3, 0.4) is 0 Å². The van der Waals surface area contributed by atoms with Crippen LogP contribution in [0.1, 0.15) is 46.0 Å². The summed E-state index contributed by atoms with van der Waals surface area (Å²) in [6.07, 6.45) is 4.80. The first-order chi connectivity index (χ1) is 9.47. The van der Waals surface area contributed by atoms with Crippen molar-refractivity contribution in [1.82, 2.24) is 10.2 Å². The summed E-state index contributed by atoms with van der Waals surface area (Å²) in [7, 11) is 0. The Morgan fingerprint density at radius 2 is 1.95 bits per heavy atom. The van der Waals surface area contributed by atoms with E-state index >= 15 is 0 Å². The highest BCUT2D eigenvalue weighted by atomic mass is 16.4. The Labute approximate surface area is 120 Å². The normalized spacial score (nSPS) is 34.6. The van der Waals surface area contributed by atoms with Crippen molar-refractivity contribution in [1.29, 1.82) is 0 Å². The van der Waals surface area contributed by atoms with E-state index in [0.29, 0.717) is 25.4 Å². The second-order valence-corrected chi connectivity index (χ2v) is 6.57. The van der Waals surface area contributed by atoms with Gasteiger partial charge in [-0.15, -0.1) is 0 Å². The number of hydrogen-bond donors (Lipinski definition) is 2. The predicted molar refractivity (Wildman–Crippen MR) is 76.4 cm³/mol. The van der Waals surface area contributed by atoms with Gasteiger partial charge in [0.1, 0.15) is 0 Å². The topological polar surface area (TPSA) is 69.6 Å². The monoisotopic (exact) mass is 282 g/mol. The van der Waals surface area contributed by atoms with Gasteiger partial charge >= 0.3 is 12.0 Å². The Balaban J connectivity index is 1.86. The van der Waals surface area contributed by atoms with Gasteiger partial charge in [-0.25, -0.2) is 4.79 Å². The van der Waals surface area contributed by atoms with Crippen LogP contribution in [0.25, 0.3) is 0 Å². The van der Waals surface area contributed by atoms with E-state index < -0.39 is 11.9 Å². The van der Waals surface area contributed by atoms with Gasteiger partial charge in [0.25, 0.3) is 0 Å². The van der Waals surface area contributed by atoms with Crippen molar-refractivity contribution < 1.29 is 14.7 Å². The Hall–Kier alpha value is -1.26. The molecule has 1 saturated carbocycles. The average Bonchev–Trinajstić information content (AvgIpc) is 2.42. The van der Waals surface area contributed by atoms with Gasteiger partial charge in [-0.1, -0.05) is 13.8 Å². The van der Waals surface area contributed by atoms with Crippen molar-refractivity contribution in [2.45, 2.75) is 52.0 Å². The molecule has 1 aliphatic carbocycles. The number of carbonyl (C=O) groups excluding carboxylic acids is 1. The summed E-state index contributed by atoms with van der Waals surface area (Å²) in [6, 6.07) is 0.159. The van der Waals surface area contributed by atoms with Gasteiger partial charge in [0, 0.05) is 19.1 Å². The van der Waals surface area contributed by atoms with Crippen LogP contribution in [0.15, 0.2) is 0 Å². The number of amides is 2. The third-order valence-corrected chi connectivity index (χ3v) is 4.80. The Morgan fingerprint density at radius 1 is 1.20 bits per heavy atom. The Kier molecular flexibility index (Phi) is 4.89. The molecule has 2 N–H and O–H groups in total. The molecule has 4 atom stereocenters. The minimum absolute atomic E-state index is 0.0812. The Bertz CT molecular complexity index is 372. The molecule has 0 aromatic rings. The van der Waals surface area contributed by atoms with E-state index in [2.05, 4.69) is 19.2 Å². The van der Waals surface area contributed by atoms with E-state index in [9.17, 15) is 9.59 Å². The van der Waals surface area contributed by atoms with Gasteiger partial charge in [-0.3, -0.25) is 4.79 Å². The summed E-state index contributed by atoms with van der Waals surface area (Å²) in [6.45, 7) is 5.47. The predicted octanol–water partition coefficient (Wildman–Crippen LogP) is 2.32. The number of hydrogen-bond acceptors (Lipinski definition) is 2. The standard InChI is InChI=1S/C15H26N2O3/c1-10-5-6-13(11(2)8-10)16-15(20)17-7-3-4-12(9-17)14(18)19/h10-13H,3-9H2,1-2H3,(H,16,20)(H,18,19)/t10?,11?,12-,13?/m1/s1. The summed E-state index contributed by atoms with van der Waals surface area (Å²) in [5, 5.41) is 12.2. The molecule has 2 rings (SSSR count). The van der Waals surface area contributed by atoms with E-state index in [1.807, 2.05) is 0 Å². The van der Waals surface area contributed by atoms with E-state index in [1.165, 1.54) is 0 Å². The van der Waals surface area contributed by atoms with Crippen LogP contribution in [0.4, 0.5) is 4.79 Å². The molecule has 114 valence electrons. The first-order valence-corrected chi connectivity index (χ1v) is 7.75. The van der Waals surface area contributed by atoms with E-state index in [0.717, 1.165) is 31.6 Å². The third-order valence-electron chi connectivity index (χ3n) is 4.80. The summed E-state index contributed by atoms with van der Waals surface area (Å²) in [4.78, 5) is 25.0. The van der Waals surface area contributed by atoms with Crippen LogP contribution >= 0.6 is 0 Å². The molecule has 3 unspecified atom stereocenters. The molecule has 0 spiro atoms. The summed E-state index contributed by atoms with van der Waals surface area (Å²) < 4.78 is 0. The number of likely N-dealkylation sites (tertiary alicyclic amines) is 1. The summed E-state index contributed by atoms with van der Waals surface area (Å²) >= 11 is 0. The van der Waals surface area contributed by atoms with Gasteiger partial charge < -0.3 is 15.3 Å². The highest BCUT2D eigenvalue weighted by Crippen LogP contribution is 2.29. The second-order valence-electron chi connectivity index (χ2n) is 6.57. The number of rotatable bonds is 2. The highest BCUT2D eigenvalue weighted by Gasteiger charge is 2.31. The zero-order valence-corrected chi connectivity index (χ0v) is 12.5. The number of piperidine rings is 1. The molecule has 2 amide bonds. The lowest BCUT2D eigenvalue weighted by molar-refractivity contribution is -0.143. The fraction of sp³-hybridized carbons (Fsp3) is 0.867. The molecule has 1 saturated heterocycles. The molecule has 2 fully saturated rings. The first-order valence-electron chi connectivity index (χ1n) is 7.75. The van der Waals surface area contributed by atoms with Gasteiger partial charge in [0.15, 0.2) is 0 Å². The SMILES string of the molecule is CC1CCC(NC(=O)N2CCC[C@@H](C(=O)O)C2)C(C)C1. The molecule has 20 heavy (non-hydrogen) atoms. The highest BCUT2D eigenvalue weighted by molar-refractivity contribution is 5.76. The smallest absolute Gasteiger partial charge is 0.317 e. The lowest BCUT2D eigenvalue weighted by Gasteiger charge is -2.36. The van der Waals surface area contributed by atoms with Crippen molar-refractivity contribution in [2.75, 3.05) is 13.1 Å². The number of nitrogens with zero attached hydrogens (tertiary/aromatic N) is 1. The molecule has 5 heteroatoms. The lowest BCUT2D eigenvalue weighted by atomic mass is 9.80. The van der Waals surface area contributed by atoms with Gasteiger partial charge in [-0.2, -0.15) is 0 Å². The molecular weight excluding hydrogens is 256 g/mol. The van der Waals surface area contributed by atoms with Crippen molar-refractivity contribution in [3.8, 4) is 0 Å². The molecule has 1 heterocycles. The van der Waals surface area contributed by atoms with E-state index in [1.54, 1.807) is 4.90 Å². The first kappa shape index (κ1) is 15.1. The molecular formula is C15H26N2O3. The van der Waals surface area contributed by atoms with Crippen molar-refractivity contribution in [3.63, 3.8) is 0 Å². The molecule has 5 nitrogen and oxygen atoms in total. The van der Waals surface area contributed by atoms with E-state index in [-0.39, 0.29) is 12.1 Å². The van der Waals surface area contributed by atoms with Crippen LogP contribution in [0.5, 0.6) is 0 Å². The Morgan fingerprint density at radius 3 is 2.60 bits per heavy atom. The van der Waals surface area contributed by atoms with Crippen molar-refractivity contribution in [2.24, 2.45) is 17.8 Å². The number of carboxylic acids is 1. The van der Waals surface area contributed by atoms with Crippen LogP contribution < -0.4 is 5.32 Å². The molecule has 0 radical (unpaired) electrons. The third kappa shape index (κ3) is 3.64. The number of carboxylic acid groups (broad SMARTS) is 1. The second kappa shape index (κ2) is 6.46. The van der Waals surface area contributed by atoms with Gasteiger partial charge in [0.05, 0.1) is 5.92 Å². The molecule has 1 aliphatic heterocycles. The maximum Gasteiger partial charge on any atom is 0.317 e. The van der Waals surface area contributed by atoms with Crippen LogP contribution in [-0.2, 0) is 4.79 Å². The minimum Gasteiger partial charge on any atom is -0.481 e. The van der Waals surface area contributed by atoms with Crippen LogP contribution in [0, 0.1) is 17.8 Å². The number of aliphatic carboxylic acids is 1. The number of nitrogens with one attached hydrogen (secondary N) is 1. The quantitative estimate of drug-likeness (QED) is 0.816. The lowest BCUT2D eigenvalue weighted by Crippen LogP contribution is -2.52. The number of urea groups is 1. The maximum atomic E-state index is 12.3. The maximum absolute atomic E-state index is 12.3. The molecule has 2 aliphatic rings. The van der Waals surface area contributed by atoms with Gasteiger partial charge in [0.2, 0.25) is 0 Å². The van der Waals surface area contributed by atoms with E-state index in [4.69, 9.17) is 5.11 Å². The average molecular weight is 282 g/mol. The fourth-order valence-corrected chi connectivity index (χ4v) is 3.49. The fourth-order valence-electron chi connectivity index (χ4n) is 3.49. The summed E-state index contributed by atoms with van der Waals surface area (Å²) in [5.74, 6) is 0.0490. The molecule has 0 aromatic heterocycles. The zero-order chi connectivity index (χ0) is 14.7. The summed E-state index contributed by atoms with van der Waals surface area (Å²) in [5.41, 5.74) is 0. The largest absolute Gasteiger partial charge is 0.481 e. The van der Waals surface area contributed by atoms with Gasteiger partial charge in [-0.05, 0) is 43.9 Å². The van der Waals surface area contributed by atoms with Crippen molar-refractivity contribution >= 4 is 12.0 Å². The minimum atomic E-state index is -0.789. The van der Waals surface area contributed by atoms with Crippen molar-refractivity contribution in [3.05, 3.63) is 0 Å². The molecule has 0 bridgehead atoms. The molecule has 0 aromatic carbocycles. The zero-order valence-electron chi connectivity index (χ0n) is 12.5. The van der Waals surface area contributed by atoms with Crippen LogP contribution in [-0.4, -0.2) is 41.1 Å². The number of carbonyl (C=O) groups is 2.